The van der Waals surface area contributed by atoms with Gasteiger partial charge >= 0.3 is 5.97 Å². The van der Waals surface area contributed by atoms with E-state index in [2.05, 4.69) is 5.43 Å². The van der Waals surface area contributed by atoms with E-state index in [-0.39, 0.29) is 6.42 Å². The first kappa shape index (κ1) is 6.39. The molecule has 0 fully saturated rings. The Morgan fingerprint density at radius 3 is 2.57 bits per heavy atom. The molecule has 0 aromatic heterocycles. The van der Waals surface area contributed by atoms with Gasteiger partial charge < -0.3 is 5.11 Å². The third-order valence-electron chi connectivity index (χ3n) is 0.483. The second-order valence-corrected chi connectivity index (χ2v) is 1.10. The van der Waals surface area contributed by atoms with E-state index in [1.54, 1.807) is 0 Å². The van der Waals surface area contributed by atoms with Gasteiger partial charge in [-0.25, -0.2) is 0 Å². The first-order valence-electron chi connectivity index (χ1n) is 1.92. The van der Waals surface area contributed by atoms with Crippen molar-refractivity contribution in [2.45, 2.75) is 6.42 Å². The number of nitrogens with one attached hydrogen (secondary N) is 1. The van der Waals surface area contributed by atoms with Gasteiger partial charge in [0.2, 0.25) is 0 Å². The number of hydrogen-bond acceptors (Lipinski definition) is 3. The van der Waals surface area contributed by atoms with Crippen LogP contribution < -0.4 is 11.3 Å². The SMILES string of the molecule is NNCCC(=O)O. The van der Waals surface area contributed by atoms with Crippen LogP contribution in [0.15, 0.2) is 0 Å². The van der Waals surface area contributed by atoms with E-state index in [0.717, 1.165) is 0 Å². The highest BCUT2D eigenvalue weighted by atomic mass is 16.4. The lowest BCUT2D eigenvalue weighted by atomic mass is 10.4. The molecule has 0 aliphatic rings. The Labute approximate surface area is 41.3 Å². The predicted molar refractivity (Wildman–Crippen MR) is 24.4 cm³/mol. The van der Waals surface area contributed by atoms with Gasteiger partial charge in [0.1, 0.15) is 0 Å². The second kappa shape index (κ2) is 3.58. The molecule has 4 heteroatoms. The number of carboxylic acids is 1. The van der Waals surface area contributed by atoms with Crippen LogP contribution in [0.3, 0.4) is 0 Å². The molecule has 0 unspecified atom stereocenters. The lowest BCUT2D eigenvalue weighted by Crippen LogP contribution is -2.24. The molecule has 0 aromatic rings. The van der Waals surface area contributed by atoms with Crippen LogP contribution in [0.1, 0.15) is 6.42 Å². The zero-order valence-corrected chi connectivity index (χ0v) is 3.85. The Balaban J connectivity index is 2.82. The molecule has 0 saturated carbocycles. The van der Waals surface area contributed by atoms with Gasteiger partial charge in [-0.2, -0.15) is 0 Å². The highest BCUT2D eigenvalue weighted by Gasteiger charge is 1.90. The standard InChI is InChI=1S/C3H8N2O2/c4-5-2-1-3(6)7/h5H,1-2,4H2,(H,6,7). The molecule has 0 saturated heterocycles. The molecular formula is C3H8N2O2. The van der Waals surface area contributed by atoms with Gasteiger partial charge in [0.05, 0.1) is 6.42 Å². The first-order valence-corrected chi connectivity index (χ1v) is 1.92. The van der Waals surface area contributed by atoms with Gasteiger partial charge in [-0.15, -0.1) is 0 Å². The topological polar surface area (TPSA) is 75.3 Å². The van der Waals surface area contributed by atoms with Crippen molar-refractivity contribution < 1.29 is 9.90 Å². The lowest BCUT2D eigenvalue weighted by Gasteiger charge is -1.89. The molecule has 0 bridgehead atoms. The quantitative estimate of drug-likeness (QED) is 0.314. The maximum Gasteiger partial charge on any atom is 0.304 e. The summed E-state index contributed by atoms with van der Waals surface area (Å²) in [6.45, 7) is 0.329. The number of hydrogen-bond donors (Lipinski definition) is 3. The average molecular weight is 104 g/mol. The second-order valence-electron chi connectivity index (χ2n) is 1.10. The van der Waals surface area contributed by atoms with E-state index in [1.807, 2.05) is 0 Å². The number of aliphatic carboxylic acids is 1. The normalized spacial score (nSPS) is 8.71. The van der Waals surface area contributed by atoms with Crippen LogP contribution in [0, 0.1) is 0 Å². The maximum absolute atomic E-state index is 9.66. The molecule has 0 radical (unpaired) electrons. The van der Waals surface area contributed by atoms with Crippen molar-refractivity contribution in [3.63, 3.8) is 0 Å². The van der Waals surface area contributed by atoms with Crippen molar-refractivity contribution >= 4 is 5.97 Å². The lowest BCUT2D eigenvalue weighted by molar-refractivity contribution is -0.136. The Bertz CT molecular complexity index is 64.0. The summed E-state index contributed by atoms with van der Waals surface area (Å²) in [6.07, 6.45) is 0.0799. The monoisotopic (exact) mass is 104 g/mol. The van der Waals surface area contributed by atoms with Gasteiger partial charge in [0, 0.05) is 6.54 Å². The van der Waals surface area contributed by atoms with E-state index in [4.69, 9.17) is 10.9 Å². The molecule has 4 nitrogen and oxygen atoms in total. The molecule has 0 heterocycles. The van der Waals surface area contributed by atoms with Crippen LogP contribution in [0.5, 0.6) is 0 Å². The summed E-state index contributed by atoms with van der Waals surface area (Å²) in [6, 6.07) is 0. The van der Waals surface area contributed by atoms with Crippen molar-refractivity contribution in [2.75, 3.05) is 6.54 Å². The Kier molecular flexibility index (Phi) is 3.26. The van der Waals surface area contributed by atoms with Crippen LogP contribution in [0.25, 0.3) is 0 Å². The maximum atomic E-state index is 9.66. The van der Waals surface area contributed by atoms with Crippen molar-refractivity contribution in [1.29, 1.82) is 0 Å². The Morgan fingerprint density at radius 2 is 2.43 bits per heavy atom. The molecule has 0 rings (SSSR count). The molecule has 0 aliphatic carbocycles. The van der Waals surface area contributed by atoms with Crippen LogP contribution in [-0.2, 0) is 4.79 Å². The number of carbonyl (C=O) groups is 1. The minimum Gasteiger partial charge on any atom is -0.481 e. The van der Waals surface area contributed by atoms with E-state index in [0.29, 0.717) is 6.54 Å². The highest BCUT2D eigenvalue weighted by molar-refractivity contribution is 5.66. The smallest absolute Gasteiger partial charge is 0.304 e. The molecule has 0 atom stereocenters. The average Bonchev–Trinajstić information content (AvgIpc) is 1.61. The van der Waals surface area contributed by atoms with Crippen LogP contribution in [0.2, 0.25) is 0 Å². The van der Waals surface area contributed by atoms with E-state index >= 15 is 0 Å². The van der Waals surface area contributed by atoms with Crippen molar-refractivity contribution in [2.24, 2.45) is 5.84 Å². The molecule has 0 aromatic carbocycles. The summed E-state index contributed by atoms with van der Waals surface area (Å²) in [4.78, 5) is 9.66. The van der Waals surface area contributed by atoms with E-state index in [1.165, 1.54) is 0 Å². The zero-order valence-electron chi connectivity index (χ0n) is 3.85. The number of hydrazine groups is 1. The number of rotatable bonds is 3. The third kappa shape index (κ3) is 5.39. The minimum atomic E-state index is -0.835. The number of nitrogens with two attached hydrogens (primary N) is 1. The number of carboxylic acid groups (broad SMARTS) is 1. The minimum absolute atomic E-state index is 0.0799. The van der Waals surface area contributed by atoms with Gasteiger partial charge in [-0.05, 0) is 0 Å². The summed E-state index contributed by atoms with van der Waals surface area (Å²) in [5, 5.41) is 7.95. The predicted octanol–water partition coefficient (Wildman–Crippen LogP) is -1.08. The fourth-order valence-corrected chi connectivity index (χ4v) is 0.179. The van der Waals surface area contributed by atoms with Gasteiger partial charge in [-0.3, -0.25) is 16.1 Å². The van der Waals surface area contributed by atoms with Crippen LogP contribution in [-0.4, -0.2) is 17.6 Å². The summed E-state index contributed by atoms with van der Waals surface area (Å²) >= 11 is 0. The Morgan fingerprint density at radius 1 is 1.86 bits per heavy atom. The van der Waals surface area contributed by atoms with Crippen molar-refractivity contribution in [1.82, 2.24) is 5.43 Å². The van der Waals surface area contributed by atoms with Crippen LogP contribution >= 0.6 is 0 Å². The van der Waals surface area contributed by atoms with Crippen molar-refractivity contribution in [3.05, 3.63) is 0 Å². The van der Waals surface area contributed by atoms with Gasteiger partial charge in [0.15, 0.2) is 0 Å². The largest absolute Gasteiger partial charge is 0.481 e. The van der Waals surface area contributed by atoms with E-state index < -0.39 is 5.97 Å². The van der Waals surface area contributed by atoms with Crippen molar-refractivity contribution in [3.8, 4) is 0 Å². The zero-order chi connectivity index (χ0) is 5.70. The summed E-state index contributed by atoms with van der Waals surface area (Å²) in [5.41, 5.74) is 2.22. The summed E-state index contributed by atoms with van der Waals surface area (Å²) in [7, 11) is 0. The molecule has 7 heavy (non-hydrogen) atoms. The Hall–Kier alpha value is -0.610. The fraction of sp³-hybridized carbons (Fsp3) is 0.667. The summed E-state index contributed by atoms with van der Waals surface area (Å²) < 4.78 is 0. The molecule has 0 amide bonds. The molecular weight excluding hydrogens is 96.0 g/mol. The van der Waals surface area contributed by atoms with Gasteiger partial charge in [-0.1, -0.05) is 0 Å². The highest BCUT2D eigenvalue weighted by Crippen LogP contribution is 1.70. The molecule has 4 N–H and O–H groups in total. The van der Waals surface area contributed by atoms with Gasteiger partial charge in [0.25, 0.3) is 0 Å². The fourth-order valence-electron chi connectivity index (χ4n) is 0.179. The van der Waals surface area contributed by atoms with Crippen LogP contribution in [0.4, 0.5) is 0 Å². The molecule has 42 valence electrons. The molecule has 0 spiro atoms. The molecule has 0 aliphatic heterocycles. The first-order chi connectivity index (χ1) is 3.27. The third-order valence-corrected chi connectivity index (χ3v) is 0.483. The van der Waals surface area contributed by atoms with E-state index in [9.17, 15) is 4.79 Å². The summed E-state index contributed by atoms with van der Waals surface area (Å²) in [5.74, 6) is 3.93.